The molecule has 172 valence electrons. The number of benzene rings is 2. The molecule has 34 heavy (non-hydrogen) atoms. The zero-order chi connectivity index (χ0) is 23.8. The lowest BCUT2D eigenvalue weighted by atomic mass is 9.97. The number of anilines is 2. The quantitative estimate of drug-likeness (QED) is 0.557. The number of pyridine rings is 1. The minimum absolute atomic E-state index is 0.236. The van der Waals surface area contributed by atoms with Crippen molar-refractivity contribution < 1.29 is 14.0 Å². The Hall–Kier alpha value is -4.00. The third-order valence-electron chi connectivity index (χ3n) is 6.35. The summed E-state index contributed by atoms with van der Waals surface area (Å²) in [5.74, 6) is -0.453. The molecule has 1 aromatic heterocycles. The van der Waals surface area contributed by atoms with Gasteiger partial charge in [0.2, 0.25) is 0 Å². The van der Waals surface area contributed by atoms with Crippen LogP contribution >= 0.6 is 0 Å². The van der Waals surface area contributed by atoms with Gasteiger partial charge in [-0.25, -0.2) is 14.3 Å². The number of aromatic nitrogens is 1. The lowest BCUT2D eigenvalue weighted by Gasteiger charge is -2.37. The maximum absolute atomic E-state index is 14.0. The molecule has 0 unspecified atom stereocenters. The van der Waals surface area contributed by atoms with Gasteiger partial charge in [-0.3, -0.25) is 9.59 Å². The average Bonchev–Trinajstić information content (AvgIpc) is 3.09. The molecule has 2 aromatic carbocycles. The fourth-order valence-electron chi connectivity index (χ4n) is 4.70. The van der Waals surface area contributed by atoms with Gasteiger partial charge in [0, 0.05) is 32.4 Å². The fourth-order valence-corrected chi connectivity index (χ4v) is 4.70. The summed E-state index contributed by atoms with van der Waals surface area (Å²) in [5.41, 5.74) is 3.71. The lowest BCUT2D eigenvalue weighted by Crippen LogP contribution is -2.48. The number of amides is 2. The van der Waals surface area contributed by atoms with E-state index in [2.05, 4.69) is 9.88 Å². The van der Waals surface area contributed by atoms with Gasteiger partial charge in [-0.15, -0.1) is 0 Å². The van der Waals surface area contributed by atoms with Crippen LogP contribution in [-0.2, 0) is 9.59 Å². The van der Waals surface area contributed by atoms with Gasteiger partial charge in [-0.05, 0) is 55.3 Å². The largest absolute Gasteiger partial charge is 0.363 e. The number of carbonyl (C=O) groups is 2. The topological polar surface area (TPSA) is 56.8 Å². The normalized spacial score (nSPS) is 16.6. The minimum Gasteiger partial charge on any atom is -0.363 e. The van der Waals surface area contributed by atoms with Crippen molar-refractivity contribution in [2.45, 2.75) is 13.8 Å². The second kappa shape index (κ2) is 8.74. The minimum atomic E-state index is -0.497. The number of aryl methyl sites for hydroxylation is 2. The summed E-state index contributed by atoms with van der Waals surface area (Å²) in [7, 11) is 0. The Labute approximate surface area is 197 Å². The number of piperazine rings is 1. The van der Waals surface area contributed by atoms with Gasteiger partial charge in [0.25, 0.3) is 11.8 Å². The first-order valence-corrected chi connectivity index (χ1v) is 11.3. The van der Waals surface area contributed by atoms with Crippen LogP contribution in [0.5, 0.6) is 0 Å². The van der Waals surface area contributed by atoms with Crippen LogP contribution in [0.1, 0.15) is 16.7 Å². The van der Waals surface area contributed by atoms with Crippen molar-refractivity contribution in [1.29, 1.82) is 0 Å². The predicted molar refractivity (Wildman–Crippen MR) is 130 cm³/mol. The third kappa shape index (κ3) is 3.83. The number of halogens is 1. The Morgan fingerprint density at radius 1 is 0.824 bits per heavy atom. The second-order valence-electron chi connectivity index (χ2n) is 8.63. The van der Waals surface area contributed by atoms with Crippen LogP contribution in [0, 0.1) is 19.7 Å². The molecule has 1 fully saturated rings. The number of rotatable bonds is 4. The monoisotopic (exact) mass is 456 g/mol. The van der Waals surface area contributed by atoms with Crippen LogP contribution in [0.4, 0.5) is 15.9 Å². The van der Waals surface area contributed by atoms with E-state index >= 15 is 0 Å². The van der Waals surface area contributed by atoms with E-state index in [1.165, 1.54) is 18.2 Å². The Balaban J connectivity index is 1.54. The molecule has 2 amide bonds. The Bertz CT molecular complexity index is 1300. The molecule has 0 atom stereocenters. The van der Waals surface area contributed by atoms with Gasteiger partial charge in [0.15, 0.2) is 0 Å². The van der Waals surface area contributed by atoms with Crippen molar-refractivity contribution in [2.24, 2.45) is 0 Å². The second-order valence-corrected chi connectivity index (χ2v) is 8.63. The van der Waals surface area contributed by atoms with Gasteiger partial charge < -0.3 is 9.80 Å². The SMILES string of the molecule is Cc1ccc(C2=C(N3CCN(c4ccccn4)CC3)C(=O)N(c3cccc(F)c3)C2=O)c(C)c1. The van der Waals surface area contributed by atoms with Crippen molar-refractivity contribution in [3.05, 3.63) is 95.1 Å². The maximum atomic E-state index is 14.0. The first-order valence-electron chi connectivity index (χ1n) is 11.3. The summed E-state index contributed by atoms with van der Waals surface area (Å²) in [5, 5.41) is 0. The fraction of sp³-hybridized carbons (Fsp3) is 0.222. The van der Waals surface area contributed by atoms with Crippen molar-refractivity contribution in [3.8, 4) is 0 Å². The highest BCUT2D eigenvalue weighted by molar-refractivity contribution is 6.45. The van der Waals surface area contributed by atoms with Crippen molar-refractivity contribution in [2.75, 3.05) is 36.0 Å². The summed E-state index contributed by atoms with van der Waals surface area (Å²) < 4.78 is 14.0. The van der Waals surface area contributed by atoms with Crippen LogP contribution in [-0.4, -0.2) is 47.9 Å². The zero-order valence-corrected chi connectivity index (χ0v) is 19.2. The lowest BCUT2D eigenvalue weighted by molar-refractivity contribution is -0.120. The van der Waals surface area contributed by atoms with E-state index in [0.29, 0.717) is 37.4 Å². The van der Waals surface area contributed by atoms with E-state index in [9.17, 15) is 14.0 Å². The van der Waals surface area contributed by atoms with E-state index < -0.39 is 17.6 Å². The first-order chi connectivity index (χ1) is 16.4. The summed E-state index contributed by atoms with van der Waals surface area (Å²) in [6, 6.07) is 17.2. The molecule has 6 nitrogen and oxygen atoms in total. The summed E-state index contributed by atoms with van der Waals surface area (Å²) in [4.78, 5) is 37.0. The average molecular weight is 457 g/mol. The number of carbonyl (C=O) groups excluding carboxylic acids is 2. The Kier molecular flexibility index (Phi) is 5.61. The van der Waals surface area contributed by atoms with Gasteiger partial charge in [0.05, 0.1) is 11.3 Å². The van der Waals surface area contributed by atoms with E-state index in [-0.39, 0.29) is 5.69 Å². The molecule has 0 radical (unpaired) electrons. The molecule has 0 N–H and O–H groups in total. The molecule has 5 rings (SSSR count). The molecule has 0 spiro atoms. The smallest absolute Gasteiger partial charge is 0.282 e. The molecule has 0 aliphatic carbocycles. The van der Waals surface area contributed by atoms with E-state index in [0.717, 1.165) is 27.4 Å². The molecular formula is C27H25FN4O2. The summed E-state index contributed by atoms with van der Waals surface area (Å²) in [6.45, 7) is 6.40. The molecule has 1 saturated heterocycles. The summed E-state index contributed by atoms with van der Waals surface area (Å²) in [6.07, 6.45) is 1.76. The zero-order valence-electron chi connectivity index (χ0n) is 19.2. The molecule has 3 aromatic rings. The highest BCUT2D eigenvalue weighted by Gasteiger charge is 2.43. The van der Waals surface area contributed by atoms with E-state index in [4.69, 9.17) is 0 Å². The number of imide groups is 1. The molecular weight excluding hydrogens is 431 g/mol. The standard InChI is InChI=1S/C27H25FN4O2/c1-18-9-10-22(19(2)16-18)24-25(27(34)32(26(24)33)21-7-5-6-20(28)17-21)31-14-12-30(13-15-31)23-8-3-4-11-29-23/h3-11,16-17H,12-15H2,1-2H3. The van der Waals surface area contributed by atoms with Gasteiger partial charge in [-0.2, -0.15) is 0 Å². The van der Waals surface area contributed by atoms with Gasteiger partial charge >= 0.3 is 0 Å². The van der Waals surface area contributed by atoms with Crippen molar-refractivity contribution >= 4 is 28.9 Å². The van der Waals surface area contributed by atoms with Gasteiger partial charge in [0.1, 0.15) is 17.3 Å². The van der Waals surface area contributed by atoms with E-state index in [1.807, 2.05) is 55.1 Å². The molecule has 0 bridgehead atoms. The van der Waals surface area contributed by atoms with Crippen LogP contribution in [0.2, 0.25) is 0 Å². The number of hydrogen-bond donors (Lipinski definition) is 0. The Morgan fingerprint density at radius 2 is 1.59 bits per heavy atom. The highest BCUT2D eigenvalue weighted by atomic mass is 19.1. The Morgan fingerprint density at radius 3 is 2.26 bits per heavy atom. The van der Waals surface area contributed by atoms with E-state index in [1.54, 1.807) is 12.3 Å². The molecule has 7 heteroatoms. The molecule has 2 aliphatic heterocycles. The van der Waals surface area contributed by atoms with Crippen molar-refractivity contribution in [3.63, 3.8) is 0 Å². The number of hydrogen-bond acceptors (Lipinski definition) is 5. The highest BCUT2D eigenvalue weighted by Crippen LogP contribution is 2.37. The molecule has 3 heterocycles. The van der Waals surface area contributed by atoms with Gasteiger partial charge in [-0.1, -0.05) is 35.9 Å². The van der Waals surface area contributed by atoms with Crippen molar-refractivity contribution in [1.82, 2.24) is 9.88 Å². The maximum Gasteiger partial charge on any atom is 0.282 e. The molecule has 2 aliphatic rings. The number of nitrogens with zero attached hydrogens (tertiary/aromatic N) is 4. The van der Waals surface area contributed by atoms with Crippen LogP contribution in [0.15, 0.2) is 72.6 Å². The summed E-state index contributed by atoms with van der Waals surface area (Å²) >= 11 is 0. The van der Waals surface area contributed by atoms with Crippen LogP contribution in [0.3, 0.4) is 0 Å². The molecule has 0 saturated carbocycles. The van der Waals surface area contributed by atoms with Crippen LogP contribution < -0.4 is 9.80 Å². The van der Waals surface area contributed by atoms with Crippen LogP contribution in [0.25, 0.3) is 5.57 Å². The third-order valence-corrected chi connectivity index (χ3v) is 6.35. The predicted octanol–water partition coefficient (Wildman–Crippen LogP) is 3.94. The first kappa shape index (κ1) is 21.8.